The standard InChI is InChI=1S/C26H19NO4/c1-31-26(30)14-10-12-15(13-11-14)27-24(28)22-20-16-6-2-3-7-17(16)21(23(22)25(27)29)19-9-5-4-8-18(19)20/h2-13,20-23H,1H3. The highest BCUT2D eigenvalue weighted by atomic mass is 16.5. The quantitative estimate of drug-likeness (QED) is 0.476. The second-order valence-electron chi connectivity index (χ2n) is 8.32. The SMILES string of the molecule is COC(=O)c1ccc(N2C(=O)C3C4c5ccccc5C(c5ccccc54)C3C2=O)cc1. The summed E-state index contributed by atoms with van der Waals surface area (Å²) in [6.45, 7) is 0. The molecule has 2 amide bonds. The highest BCUT2D eigenvalue weighted by Crippen LogP contribution is 2.61. The lowest BCUT2D eigenvalue weighted by Gasteiger charge is -2.45. The first-order valence-electron chi connectivity index (χ1n) is 10.4. The molecule has 0 radical (unpaired) electrons. The van der Waals surface area contributed by atoms with Crippen LogP contribution in [0.4, 0.5) is 5.69 Å². The average molecular weight is 409 g/mol. The van der Waals surface area contributed by atoms with Crippen LogP contribution in [0.3, 0.4) is 0 Å². The Morgan fingerprint density at radius 1 is 0.710 bits per heavy atom. The van der Waals surface area contributed by atoms with Gasteiger partial charge < -0.3 is 4.74 Å². The van der Waals surface area contributed by atoms with E-state index in [4.69, 9.17) is 4.74 Å². The number of ether oxygens (including phenoxy) is 1. The molecule has 3 aromatic carbocycles. The van der Waals surface area contributed by atoms with Gasteiger partial charge in [-0.15, -0.1) is 0 Å². The lowest BCUT2D eigenvalue weighted by molar-refractivity contribution is -0.122. The number of benzene rings is 3. The molecule has 3 aromatic rings. The first-order chi connectivity index (χ1) is 15.1. The van der Waals surface area contributed by atoms with Crippen LogP contribution in [-0.4, -0.2) is 24.9 Å². The van der Waals surface area contributed by atoms with Gasteiger partial charge in [0.25, 0.3) is 0 Å². The Labute approximate surface area is 179 Å². The largest absolute Gasteiger partial charge is 0.465 e. The fourth-order valence-electron chi connectivity index (χ4n) is 5.80. The molecule has 1 heterocycles. The minimum atomic E-state index is -0.455. The van der Waals surface area contributed by atoms with Crippen molar-refractivity contribution >= 4 is 23.5 Å². The summed E-state index contributed by atoms with van der Waals surface area (Å²) in [5.41, 5.74) is 5.47. The average Bonchev–Trinajstić information content (AvgIpc) is 3.09. The van der Waals surface area contributed by atoms with Crippen LogP contribution in [0.1, 0.15) is 44.4 Å². The Hall–Kier alpha value is -3.73. The Morgan fingerprint density at radius 2 is 1.13 bits per heavy atom. The zero-order valence-corrected chi connectivity index (χ0v) is 16.8. The van der Waals surface area contributed by atoms with Crippen molar-refractivity contribution in [3.8, 4) is 0 Å². The lowest BCUT2D eigenvalue weighted by atomic mass is 9.55. The van der Waals surface area contributed by atoms with E-state index in [-0.39, 0.29) is 23.7 Å². The monoisotopic (exact) mass is 409 g/mol. The Morgan fingerprint density at radius 3 is 1.52 bits per heavy atom. The van der Waals surface area contributed by atoms with Gasteiger partial charge in [0.1, 0.15) is 0 Å². The summed E-state index contributed by atoms with van der Waals surface area (Å²) < 4.78 is 4.74. The van der Waals surface area contributed by atoms with Crippen molar-refractivity contribution in [1.82, 2.24) is 0 Å². The van der Waals surface area contributed by atoms with Gasteiger partial charge in [-0.05, 0) is 46.5 Å². The zero-order valence-electron chi connectivity index (χ0n) is 16.8. The molecule has 0 N–H and O–H groups in total. The van der Waals surface area contributed by atoms with Gasteiger partial charge >= 0.3 is 5.97 Å². The predicted octanol–water partition coefficient (Wildman–Crippen LogP) is 3.87. The first-order valence-corrected chi connectivity index (χ1v) is 10.4. The molecule has 2 bridgehead atoms. The maximum Gasteiger partial charge on any atom is 0.337 e. The van der Waals surface area contributed by atoms with Crippen LogP contribution < -0.4 is 4.90 Å². The number of hydrogen-bond acceptors (Lipinski definition) is 4. The second-order valence-corrected chi connectivity index (χ2v) is 8.32. The minimum absolute atomic E-state index is 0.127. The smallest absolute Gasteiger partial charge is 0.337 e. The van der Waals surface area contributed by atoms with Crippen LogP contribution in [0.25, 0.3) is 0 Å². The van der Waals surface area contributed by atoms with Gasteiger partial charge in [0.2, 0.25) is 11.8 Å². The lowest BCUT2D eigenvalue weighted by Crippen LogP contribution is -2.41. The van der Waals surface area contributed by atoms with Crippen LogP contribution in [0.2, 0.25) is 0 Å². The van der Waals surface area contributed by atoms with Crippen molar-refractivity contribution in [2.75, 3.05) is 12.0 Å². The summed E-state index contributed by atoms with van der Waals surface area (Å²) in [5, 5.41) is 0. The van der Waals surface area contributed by atoms with Crippen molar-refractivity contribution in [1.29, 1.82) is 0 Å². The number of rotatable bonds is 2. The minimum Gasteiger partial charge on any atom is -0.465 e. The van der Waals surface area contributed by atoms with Crippen LogP contribution in [0, 0.1) is 11.8 Å². The van der Waals surface area contributed by atoms with E-state index in [1.807, 2.05) is 24.3 Å². The molecule has 0 spiro atoms. The van der Waals surface area contributed by atoms with Crippen LogP contribution in [0.5, 0.6) is 0 Å². The normalized spacial score (nSPS) is 25.1. The fraction of sp³-hybridized carbons (Fsp3) is 0.192. The van der Waals surface area contributed by atoms with E-state index in [0.717, 1.165) is 22.3 Å². The molecule has 7 rings (SSSR count). The fourth-order valence-corrected chi connectivity index (χ4v) is 5.80. The van der Waals surface area contributed by atoms with Gasteiger partial charge in [0.05, 0.1) is 30.2 Å². The molecular weight excluding hydrogens is 390 g/mol. The summed E-state index contributed by atoms with van der Waals surface area (Å²) in [6, 6.07) is 22.8. The van der Waals surface area contributed by atoms with Gasteiger partial charge in [-0.1, -0.05) is 48.5 Å². The third kappa shape index (κ3) is 2.29. The van der Waals surface area contributed by atoms with E-state index >= 15 is 0 Å². The van der Waals surface area contributed by atoms with E-state index < -0.39 is 17.8 Å². The Kier molecular flexibility index (Phi) is 3.72. The molecule has 1 aliphatic heterocycles. The van der Waals surface area contributed by atoms with Crippen molar-refractivity contribution in [3.05, 3.63) is 101 Å². The molecule has 0 saturated carbocycles. The number of nitrogens with zero attached hydrogens (tertiary/aromatic N) is 1. The molecule has 4 aliphatic rings. The molecule has 1 fully saturated rings. The molecule has 5 heteroatoms. The zero-order chi connectivity index (χ0) is 21.3. The van der Waals surface area contributed by atoms with E-state index in [1.165, 1.54) is 12.0 Å². The van der Waals surface area contributed by atoms with Gasteiger partial charge in [0.15, 0.2) is 0 Å². The van der Waals surface area contributed by atoms with Gasteiger partial charge in [-0.2, -0.15) is 0 Å². The number of esters is 1. The van der Waals surface area contributed by atoms with E-state index in [2.05, 4.69) is 24.3 Å². The summed E-state index contributed by atoms with van der Waals surface area (Å²) in [4.78, 5) is 40.4. The van der Waals surface area contributed by atoms with E-state index in [9.17, 15) is 14.4 Å². The van der Waals surface area contributed by atoms with Gasteiger partial charge in [0, 0.05) is 11.8 Å². The van der Waals surface area contributed by atoms with Crippen molar-refractivity contribution < 1.29 is 19.1 Å². The molecule has 152 valence electrons. The Balaban J connectivity index is 1.48. The van der Waals surface area contributed by atoms with E-state index in [0.29, 0.717) is 11.3 Å². The number of amides is 2. The summed E-state index contributed by atoms with van der Waals surface area (Å²) in [5.74, 6) is -1.87. The van der Waals surface area contributed by atoms with Crippen LogP contribution in [-0.2, 0) is 14.3 Å². The summed E-state index contributed by atoms with van der Waals surface area (Å²) in [7, 11) is 1.32. The molecule has 2 atom stereocenters. The summed E-state index contributed by atoms with van der Waals surface area (Å²) in [6.07, 6.45) is 0. The molecule has 3 aliphatic carbocycles. The second kappa shape index (κ2) is 6.38. The van der Waals surface area contributed by atoms with Crippen LogP contribution in [0.15, 0.2) is 72.8 Å². The third-order valence-corrected chi connectivity index (χ3v) is 7.00. The molecule has 2 unspecified atom stereocenters. The topological polar surface area (TPSA) is 63.7 Å². The third-order valence-electron chi connectivity index (χ3n) is 7.00. The maximum absolute atomic E-state index is 13.6. The van der Waals surface area contributed by atoms with Crippen LogP contribution >= 0.6 is 0 Å². The molecular formula is C26H19NO4. The number of methoxy groups -OCH3 is 1. The molecule has 0 aromatic heterocycles. The highest BCUT2D eigenvalue weighted by molar-refractivity contribution is 6.23. The number of anilines is 1. The molecule has 31 heavy (non-hydrogen) atoms. The Bertz CT molecular complexity index is 1150. The van der Waals surface area contributed by atoms with Gasteiger partial charge in [-0.25, -0.2) is 9.69 Å². The van der Waals surface area contributed by atoms with Gasteiger partial charge in [-0.3, -0.25) is 9.59 Å². The predicted molar refractivity (Wildman–Crippen MR) is 114 cm³/mol. The molecule has 1 saturated heterocycles. The highest BCUT2D eigenvalue weighted by Gasteiger charge is 2.61. The number of hydrogen-bond donors (Lipinski definition) is 0. The maximum atomic E-state index is 13.6. The summed E-state index contributed by atoms with van der Waals surface area (Å²) >= 11 is 0. The van der Waals surface area contributed by atoms with E-state index in [1.54, 1.807) is 24.3 Å². The van der Waals surface area contributed by atoms with Crippen molar-refractivity contribution in [2.24, 2.45) is 11.8 Å². The number of carbonyl (C=O) groups excluding carboxylic acids is 3. The number of imide groups is 1. The molecule has 5 nitrogen and oxygen atoms in total. The van der Waals surface area contributed by atoms with Crippen molar-refractivity contribution in [2.45, 2.75) is 11.8 Å². The van der Waals surface area contributed by atoms with Crippen molar-refractivity contribution in [3.63, 3.8) is 0 Å². The first kappa shape index (κ1) is 18.1. The number of carbonyl (C=O) groups is 3.